The molecule has 10 heteroatoms. The van der Waals surface area contributed by atoms with Crippen LogP contribution in [0.5, 0.6) is 11.5 Å². The maximum absolute atomic E-state index is 13.0. The lowest BCUT2D eigenvalue weighted by Gasteiger charge is -2.42. The van der Waals surface area contributed by atoms with Gasteiger partial charge in [0, 0.05) is 18.1 Å². The van der Waals surface area contributed by atoms with Crippen LogP contribution in [0.25, 0.3) is 0 Å². The van der Waals surface area contributed by atoms with Crippen molar-refractivity contribution in [3.8, 4) is 11.5 Å². The van der Waals surface area contributed by atoms with Crippen LogP contribution < -0.4 is 14.8 Å². The van der Waals surface area contributed by atoms with Gasteiger partial charge in [0.1, 0.15) is 11.6 Å². The predicted octanol–water partition coefficient (Wildman–Crippen LogP) is 1.49. The van der Waals surface area contributed by atoms with Gasteiger partial charge in [-0.05, 0) is 44.4 Å². The van der Waals surface area contributed by atoms with Gasteiger partial charge in [0.05, 0.1) is 20.3 Å². The number of hydrogen-bond donors (Lipinski definition) is 3. The van der Waals surface area contributed by atoms with Crippen LogP contribution in [0.15, 0.2) is 18.2 Å². The van der Waals surface area contributed by atoms with Crippen LogP contribution in [0.3, 0.4) is 0 Å². The number of thioether (sulfide) groups is 1. The summed E-state index contributed by atoms with van der Waals surface area (Å²) in [6.07, 6.45) is 0.687. The maximum Gasteiger partial charge on any atom is 0.330 e. The van der Waals surface area contributed by atoms with E-state index in [1.165, 1.54) is 37.8 Å². The molecule has 0 radical (unpaired) electrons. The van der Waals surface area contributed by atoms with Crippen LogP contribution in [0.2, 0.25) is 0 Å². The number of nitrogens with one attached hydrogen (secondary N) is 1. The summed E-state index contributed by atoms with van der Waals surface area (Å²) in [5.74, 6) is -0.480. The zero-order valence-electron chi connectivity index (χ0n) is 18.2. The van der Waals surface area contributed by atoms with Crippen molar-refractivity contribution in [2.75, 3.05) is 32.3 Å². The van der Waals surface area contributed by atoms with Crippen molar-refractivity contribution in [1.29, 1.82) is 0 Å². The standard InChI is InChI=1S/C21H30N2O7S/c1-13(18(24)23-9-10-31-12-21(23,2)20(27)28)22-15(19(25)26)7-5-14-6-8-16(29-3)17(11-14)30-4/h6,8,11,13,15,22H,5,7,9-10,12H2,1-4H3,(H,25,26)(H,27,28). The van der Waals surface area contributed by atoms with Crippen molar-refractivity contribution < 1.29 is 34.1 Å². The number of aryl methyl sites for hydroxylation is 1. The van der Waals surface area contributed by atoms with Crippen molar-refractivity contribution in [1.82, 2.24) is 10.2 Å². The Labute approximate surface area is 186 Å². The molecular formula is C21H30N2O7S. The van der Waals surface area contributed by atoms with E-state index in [0.717, 1.165) is 5.56 Å². The highest BCUT2D eigenvalue weighted by atomic mass is 32.2. The molecule has 1 heterocycles. The van der Waals surface area contributed by atoms with Gasteiger partial charge in [0.25, 0.3) is 0 Å². The van der Waals surface area contributed by atoms with Crippen LogP contribution in [0.4, 0.5) is 0 Å². The summed E-state index contributed by atoms with van der Waals surface area (Å²) in [6.45, 7) is 3.40. The number of ether oxygens (including phenoxy) is 2. The third kappa shape index (κ3) is 5.82. The molecule has 0 aromatic heterocycles. The van der Waals surface area contributed by atoms with Crippen LogP contribution in [0, 0.1) is 0 Å². The van der Waals surface area contributed by atoms with Crippen LogP contribution in [-0.2, 0) is 20.8 Å². The molecule has 0 spiro atoms. The van der Waals surface area contributed by atoms with Gasteiger partial charge in [-0.3, -0.25) is 14.9 Å². The second-order valence-corrected chi connectivity index (χ2v) is 8.73. The number of rotatable bonds is 10. The van der Waals surface area contributed by atoms with E-state index < -0.39 is 35.5 Å². The number of benzene rings is 1. The summed E-state index contributed by atoms with van der Waals surface area (Å²) in [4.78, 5) is 37.9. The number of aliphatic carboxylic acids is 2. The van der Waals surface area contributed by atoms with Gasteiger partial charge < -0.3 is 24.6 Å². The average Bonchev–Trinajstić information content (AvgIpc) is 2.75. The number of methoxy groups -OCH3 is 2. The summed E-state index contributed by atoms with van der Waals surface area (Å²) in [7, 11) is 3.07. The van der Waals surface area contributed by atoms with Crippen LogP contribution in [-0.4, -0.2) is 82.9 Å². The normalized spacial score (nSPS) is 20.6. The van der Waals surface area contributed by atoms with Crippen molar-refractivity contribution >= 4 is 29.6 Å². The zero-order chi connectivity index (χ0) is 23.2. The van der Waals surface area contributed by atoms with Gasteiger partial charge in [-0.2, -0.15) is 11.8 Å². The Morgan fingerprint density at radius 3 is 2.48 bits per heavy atom. The van der Waals surface area contributed by atoms with E-state index in [4.69, 9.17) is 9.47 Å². The molecule has 0 aliphatic carbocycles. The molecule has 0 saturated carbocycles. The van der Waals surface area contributed by atoms with E-state index in [9.17, 15) is 24.6 Å². The van der Waals surface area contributed by atoms with Gasteiger partial charge in [-0.1, -0.05) is 6.07 Å². The first-order chi connectivity index (χ1) is 14.6. The van der Waals surface area contributed by atoms with E-state index in [0.29, 0.717) is 36.0 Å². The molecule has 1 aliphatic rings. The first-order valence-electron chi connectivity index (χ1n) is 9.96. The largest absolute Gasteiger partial charge is 0.493 e. The lowest BCUT2D eigenvalue weighted by Crippen LogP contribution is -2.63. The quantitative estimate of drug-likeness (QED) is 0.482. The lowest BCUT2D eigenvalue weighted by atomic mass is 10.0. The number of carbonyl (C=O) groups is 3. The molecule has 1 aromatic rings. The average molecular weight is 455 g/mol. The molecule has 3 unspecified atom stereocenters. The van der Waals surface area contributed by atoms with E-state index in [-0.39, 0.29) is 6.42 Å². The number of carboxylic acids is 2. The molecule has 3 N–H and O–H groups in total. The molecule has 172 valence electrons. The summed E-state index contributed by atoms with van der Waals surface area (Å²) >= 11 is 1.48. The zero-order valence-corrected chi connectivity index (χ0v) is 19.0. The highest BCUT2D eigenvalue weighted by molar-refractivity contribution is 7.99. The van der Waals surface area contributed by atoms with E-state index in [1.54, 1.807) is 19.1 Å². The summed E-state index contributed by atoms with van der Waals surface area (Å²) in [5, 5.41) is 22.1. The molecule has 1 aliphatic heterocycles. The fourth-order valence-electron chi connectivity index (χ4n) is 3.51. The van der Waals surface area contributed by atoms with Gasteiger partial charge in [-0.15, -0.1) is 0 Å². The highest BCUT2D eigenvalue weighted by Crippen LogP contribution is 2.29. The Kier molecular flexibility index (Phi) is 8.58. The SMILES string of the molecule is COc1ccc(CCC(NC(C)C(=O)N2CCSCC2(C)C(=O)O)C(=O)O)cc1OC. The number of amides is 1. The molecule has 2 rings (SSSR count). The second-order valence-electron chi connectivity index (χ2n) is 7.63. The number of nitrogens with zero attached hydrogens (tertiary/aromatic N) is 1. The molecule has 31 heavy (non-hydrogen) atoms. The minimum Gasteiger partial charge on any atom is -0.493 e. The van der Waals surface area contributed by atoms with Crippen LogP contribution >= 0.6 is 11.8 Å². The highest BCUT2D eigenvalue weighted by Gasteiger charge is 2.45. The first-order valence-corrected chi connectivity index (χ1v) is 11.1. The molecule has 1 amide bonds. The molecule has 1 saturated heterocycles. The Morgan fingerprint density at radius 1 is 1.23 bits per heavy atom. The van der Waals surface area contributed by atoms with Gasteiger partial charge in [0.15, 0.2) is 11.5 Å². The van der Waals surface area contributed by atoms with Crippen LogP contribution in [0.1, 0.15) is 25.8 Å². The van der Waals surface area contributed by atoms with Gasteiger partial charge in [0.2, 0.25) is 5.91 Å². The van der Waals surface area contributed by atoms with Gasteiger partial charge in [-0.25, -0.2) is 4.79 Å². The monoisotopic (exact) mass is 454 g/mol. The fraction of sp³-hybridized carbons (Fsp3) is 0.571. The third-order valence-electron chi connectivity index (χ3n) is 5.45. The summed E-state index contributed by atoms with van der Waals surface area (Å²) in [5.41, 5.74) is -0.440. The Morgan fingerprint density at radius 2 is 1.90 bits per heavy atom. The maximum atomic E-state index is 13.0. The van der Waals surface area contributed by atoms with E-state index in [2.05, 4.69) is 5.32 Å². The molecule has 0 bridgehead atoms. The first kappa shape index (κ1) is 24.8. The van der Waals surface area contributed by atoms with Crippen molar-refractivity contribution in [2.24, 2.45) is 0 Å². The summed E-state index contributed by atoms with van der Waals surface area (Å²) < 4.78 is 10.5. The Bertz CT molecular complexity index is 819. The Balaban J connectivity index is 2.06. The molecule has 9 nitrogen and oxygen atoms in total. The van der Waals surface area contributed by atoms with Crippen molar-refractivity contribution in [3.63, 3.8) is 0 Å². The minimum atomic E-state index is -1.31. The van der Waals surface area contributed by atoms with Crippen molar-refractivity contribution in [2.45, 2.75) is 44.3 Å². The van der Waals surface area contributed by atoms with Crippen molar-refractivity contribution in [3.05, 3.63) is 23.8 Å². The fourth-order valence-corrected chi connectivity index (χ4v) is 4.65. The number of carbonyl (C=O) groups excluding carboxylic acids is 1. The minimum absolute atomic E-state index is 0.245. The molecule has 1 aromatic carbocycles. The predicted molar refractivity (Wildman–Crippen MR) is 117 cm³/mol. The topological polar surface area (TPSA) is 125 Å². The molecule has 1 fully saturated rings. The Hall–Kier alpha value is -2.46. The van der Waals surface area contributed by atoms with Gasteiger partial charge >= 0.3 is 11.9 Å². The molecular weight excluding hydrogens is 424 g/mol. The lowest BCUT2D eigenvalue weighted by molar-refractivity contribution is -0.157. The second kappa shape index (κ2) is 10.7. The van der Waals surface area contributed by atoms with E-state index >= 15 is 0 Å². The molecule has 3 atom stereocenters. The number of carboxylic acid groups (broad SMARTS) is 2. The smallest absolute Gasteiger partial charge is 0.330 e. The summed E-state index contributed by atoms with van der Waals surface area (Å²) in [6, 6.07) is 3.56. The number of hydrogen-bond acceptors (Lipinski definition) is 7. The van der Waals surface area contributed by atoms with E-state index in [1.807, 2.05) is 6.07 Å². The third-order valence-corrected chi connectivity index (χ3v) is 6.69.